The fourth-order valence-electron chi connectivity index (χ4n) is 1.41. The number of nitrogens with one attached hydrogen (secondary N) is 1. The predicted octanol–water partition coefficient (Wildman–Crippen LogP) is 2.05. The molecule has 0 saturated carbocycles. The summed E-state index contributed by atoms with van der Waals surface area (Å²) >= 11 is 3.26. The number of benzene rings is 1. The standard InChI is InChI=1S/C12H18BrNO3S/c1-8-4-5-12(11(13)6-8)18(16,17)14-10(3)9(2)7-15/h4-6,9-10,14-15H,7H2,1-3H3. The number of aliphatic hydroxyl groups is 1. The molecule has 0 spiro atoms. The van der Waals surface area contributed by atoms with Gasteiger partial charge in [-0.25, -0.2) is 13.1 Å². The molecule has 1 aromatic carbocycles. The number of sulfonamides is 1. The van der Waals surface area contributed by atoms with Crippen LogP contribution in [0.1, 0.15) is 19.4 Å². The van der Waals surface area contributed by atoms with E-state index < -0.39 is 10.0 Å². The SMILES string of the molecule is Cc1ccc(S(=O)(=O)NC(C)C(C)CO)c(Br)c1. The molecule has 0 fully saturated rings. The van der Waals surface area contributed by atoms with Crippen LogP contribution in [0.4, 0.5) is 0 Å². The van der Waals surface area contributed by atoms with Crippen LogP contribution in [0.5, 0.6) is 0 Å². The first-order valence-electron chi connectivity index (χ1n) is 5.67. The highest BCUT2D eigenvalue weighted by Gasteiger charge is 2.22. The van der Waals surface area contributed by atoms with Crippen molar-refractivity contribution in [2.24, 2.45) is 5.92 Å². The third-order valence-electron chi connectivity index (χ3n) is 2.86. The fourth-order valence-corrected chi connectivity index (χ4v) is 3.95. The van der Waals surface area contributed by atoms with E-state index in [4.69, 9.17) is 5.11 Å². The van der Waals surface area contributed by atoms with E-state index in [0.717, 1.165) is 5.56 Å². The Kier molecular flexibility index (Phi) is 5.33. The van der Waals surface area contributed by atoms with Crippen LogP contribution in [0.2, 0.25) is 0 Å². The molecule has 6 heteroatoms. The van der Waals surface area contributed by atoms with E-state index in [-0.39, 0.29) is 23.5 Å². The lowest BCUT2D eigenvalue weighted by Gasteiger charge is -2.19. The molecule has 0 bridgehead atoms. The zero-order chi connectivity index (χ0) is 13.9. The Morgan fingerprint density at radius 1 is 1.39 bits per heavy atom. The van der Waals surface area contributed by atoms with Gasteiger partial charge in [-0.2, -0.15) is 0 Å². The molecule has 2 atom stereocenters. The van der Waals surface area contributed by atoms with E-state index in [1.165, 1.54) is 0 Å². The number of aryl methyl sites for hydroxylation is 1. The molecular formula is C12H18BrNO3S. The van der Waals surface area contributed by atoms with Crippen LogP contribution in [-0.4, -0.2) is 26.2 Å². The monoisotopic (exact) mass is 335 g/mol. The Morgan fingerprint density at radius 3 is 2.50 bits per heavy atom. The minimum absolute atomic E-state index is 0.0568. The molecule has 0 heterocycles. The molecule has 0 amide bonds. The smallest absolute Gasteiger partial charge is 0.241 e. The van der Waals surface area contributed by atoms with Crippen molar-refractivity contribution >= 4 is 26.0 Å². The molecule has 0 saturated heterocycles. The van der Waals surface area contributed by atoms with Crippen molar-refractivity contribution in [3.05, 3.63) is 28.2 Å². The molecule has 0 radical (unpaired) electrons. The Hall–Kier alpha value is -0.430. The molecule has 18 heavy (non-hydrogen) atoms. The van der Waals surface area contributed by atoms with Gasteiger partial charge in [0.1, 0.15) is 0 Å². The maximum absolute atomic E-state index is 12.2. The van der Waals surface area contributed by atoms with E-state index in [9.17, 15) is 8.42 Å². The minimum atomic E-state index is -3.57. The molecule has 2 unspecified atom stereocenters. The number of halogens is 1. The molecule has 0 aliphatic carbocycles. The van der Waals surface area contributed by atoms with Crippen LogP contribution in [0.3, 0.4) is 0 Å². The summed E-state index contributed by atoms with van der Waals surface area (Å²) in [6.07, 6.45) is 0. The van der Waals surface area contributed by atoms with Crippen molar-refractivity contribution < 1.29 is 13.5 Å². The van der Waals surface area contributed by atoms with Gasteiger partial charge in [0.05, 0.1) is 4.90 Å². The Balaban J connectivity index is 3.00. The van der Waals surface area contributed by atoms with E-state index in [1.54, 1.807) is 32.0 Å². The second-order valence-electron chi connectivity index (χ2n) is 4.50. The number of rotatable bonds is 5. The normalized spacial score (nSPS) is 15.4. The van der Waals surface area contributed by atoms with Crippen LogP contribution in [0.25, 0.3) is 0 Å². The van der Waals surface area contributed by atoms with Gasteiger partial charge in [0.25, 0.3) is 0 Å². The summed E-state index contributed by atoms with van der Waals surface area (Å²) in [5, 5.41) is 9.02. The van der Waals surface area contributed by atoms with Crippen LogP contribution < -0.4 is 4.72 Å². The van der Waals surface area contributed by atoms with Crippen molar-refractivity contribution in [2.45, 2.75) is 31.7 Å². The number of hydrogen-bond acceptors (Lipinski definition) is 3. The lowest BCUT2D eigenvalue weighted by atomic mass is 10.1. The average molecular weight is 336 g/mol. The molecule has 0 aliphatic rings. The third kappa shape index (κ3) is 3.78. The zero-order valence-electron chi connectivity index (χ0n) is 10.6. The highest BCUT2D eigenvalue weighted by molar-refractivity contribution is 9.10. The molecule has 4 nitrogen and oxygen atoms in total. The van der Waals surface area contributed by atoms with Crippen molar-refractivity contribution in [3.8, 4) is 0 Å². The highest BCUT2D eigenvalue weighted by Crippen LogP contribution is 2.23. The predicted molar refractivity (Wildman–Crippen MR) is 74.9 cm³/mol. The van der Waals surface area contributed by atoms with Gasteiger partial charge in [0, 0.05) is 17.1 Å². The van der Waals surface area contributed by atoms with Gasteiger partial charge in [0.2, 0.25) is 10.0 Å². The van der Waals surface area contributed by atoms with Gasteiger partial charge in [-0.05, 0) is 53.4 Å². The van der Waals surface area contributed by atoms with Crippen LogP contribution in [0.15, 0.2) is 27.6 Å². The number of hydrogen-bond donors (Lipinski definition) is 2. The van der Waals surface area contributed by atoms with Crippen LogP contribution in [-0.2, 0) is 10.0 Å². The summed E-state index contributed by atoms with van der Waals surface area (Å²) in [5.74, 6) is -0.135. The zero-order valence-corrected chi connectivity index (χ0v) is 13.0. The quantitative estimate of drug-likeness (QED) is 0.865. The maximum Gasteiger partial charge on any atom is 0.241 e. The topological polar surface area (TPSA) is 66.4 Å². The Morgan fingerprint density at radius 2 is 2.00 bits per heavy atom. The third-order valence-corrected chi connectivity index (χ3v) is 5.40. The van der Waals surface area contributed by atoms with E-state index >= 15 is 0 Å². The highest BCUT2D eigenvalue weighted by atomic mass is 79.9. The minimum Gasteiger partial charge on any atom is -0.396 e. The van der Waals surface area contributed by atoms with Crippen LogP contribution in [0, 0.1) is 12.8 Å². The second kappa shape index (κ2) is 6.14. The molecule has 1 rings (SSSR count). The summed E-state index contributed by atoms with van der Waals surface area (Å²) in [4.78, 5) is 0.213. The molecule has 102 valence electrons. The van der Waals surface area contributed by atoms with Gasteiger partial charge < -0.3 is 5.11 Å². The van der Waals surface area contributed by atoms with Crippen molar-refractivity contribution in [2.75, 3.05) is 6.61 Å². The molecule has 0 aliphatic heterocycles. The summed E-state index contributed by atoms with van der Waals surface area (Å²) in [6.45, 7) is 5.36. The average Bonchev–Trinajstić information content (AvgIpc) is 2.26. The first-order chi connectivity index (χ1) is 8.27. The van der Waals surface area contributed by atoms with Gasteiger partial charge in [0.15, 0.2) is 0 Å². The largest absolute Gasteiger partial charge is 0.396 e. The Labute approximate surface area is 117 Å². The fraction of sp³-hybridized carbons (Fsp3) is 0.500. The maximum atomic E-state index is 12.2. The summed E-state index contributed by atoms with van der Waals surface area (Å²) in [7, 11) is -3.57. The summed E-state index contributed by atoms with van der Waals surface area (Å²) in [6, 6.07) is 4.75. The first-order valence-corrected chi connectivity index (χ1v) is 7.95. The first kappa shape index (κ1) is 15.6. The second-order valence-corrected chi connectivity index (χ2v) is 7.04. The molecule has 2 N–H and O–H groups in total. The molecule has 1 aromatic rings. The molecule has 0 aromatic heterocycles. The Bertz CT molecular complexity index is 516. The molecular weight excluding hydrogens is 318 g/mol. The van der Waals surface area contributed by atoms with Gasteiger partial charge in [-0.1, -0.05) is 13.0 Å². The van der Waals surface area contributed by atoms with Gasteiger partial charge in [-0.15, -0.1) is 0 Å². The lowest BCUT2D eigenvalue weighted by Crippen LogP contribution is -2.38. The van der Waals surface area contributed by atoms with E-state index in [0.29, 0.717) is 4.47 Å². The summed E-state index contributed by atoms with van der Waals surface area (Å²) < 4.78 is 27.5. The summed E-state index contributed by atoms with van der Waals surface area (Å²) in [5.41, 5.74) is 0.984. The van der Waals surface area contributed by atoms with E-state index in [1.807, 2.05) is 6.92 Å². The van der Waals surface area contributed by atoms with Gasteiger partial charge in [-0.3, -0.25) is 0 Å². The van der Waals surface area contributed by atoms with Gasteiger partial charge >= 0.3 is 0 Å². The van der Waals surface area contributed by atoms with Crippen LogP contribution >= 0.6 is 15.9 Å². The van der Waals surface area contributed by atoms with E-state index in [2.05, 4.69) is 20.7 Å². The lowest BCUT2D eigenvalue weighted by molar-refractivity contribution is 0.216. The number of aliphatic hydroxyl groups excluding tert-OH is 1. The van der Waals surface area contributed by atoms with Crippen molar-refractivity contribution in [1.29, 1.82) is 0 Å². The van der Waals surface area contributed by atoms with Crippen molar-refractivity contribution in [1.82, 2.24) is 4.72 Å². The van der Waals surface area contributed by atoms with Crippen molar-refractivity contribution in [3.63, 3.8) is 0 Å².